The molecule has 0 N–H and O–H groups in total. The first-order valence-electron chi connectivity index (χ1n) is 25.8. The van der Waals surface area contributed by atoms with Crippen LogP contribution in [0.15, 0.2) is 138 Å². The molecule has 3 heterocycles. The predicted octanol–water partition coefficient (Wildman–Crippen LogP) is 8.87. The average Bonchev–Trinajstić information content (AvgIpc) is 1.70. The van der Waals surface area contributed by atoms with Crippen LogP contribution in [0.25, 0.3) is 91.8 Å². The minimum Gasteiger partial charge on any atom is -0.394 e. The molecule has 3 aliphatic heterocycles. The van der Waals surface area contributed by atoms with Gasteiger partial charge in [0.2, 0.25) is 17.6 Å². The number of allylic oxidation sites excluding steroid dienone is 2. The van der Waals surface area contributed by atoms with Gasteiger partial charge in [0.15, 0.2) is 23.3 Å². The van der Waals surface area contributed by atoms with Gasteiger partial charge in [0.25, 0.3) is 11.4 Å². The second kappa shape index (κ2) is 26.4. The van der Waals surface area contributed by atoms with Crippen molar-refractivity contribution in [2.75, 3.05) is 0 Å². The van der Waals surface area contributed by atoms with Crippen LogP contribution in [0.1, 0.15) is 22.3 Å². The zero-order chi connectivity index (χ0) is 68.5. The van der Waals surface area contributed by atoms with Crippen molar-refractivity contribution in [3.63, 3.8) is 0 Å². The molecule has 436 valence electrons. The predicted molar refractivity (Wildman–Crippen MR) is 323 cm³/mol. The zero-order valence-corrected chi connectivity index (χ0v) is 46.8. The second-order valence-electron chi connectivity index (χ2n) is 18.7. The van der Waals surface area contributed by atoms with Crippen LogP contribution in [0.3, 0.4) is 0 Å². The molecule has 0 spiro atoms. The molecule has 95 heavy (non-hydrogen) atoms. The van der Waals surface area contributed by atoms with Crippen LogP contribution in [0.2, 0.25) is 0 Å². The van der Waals surface area contributed by atoms with Crippen LogP contribution >= 0.6 is 0 Å². The van der Waals surface area contributed by atoms with E-state index in [0.29, 0.717) is 21.6 Å². The Morgan fingerprint density at radius 3 is 1.05 bits per heavy atom. The fourth-order valence-electron chi connectivity index (χ4n) is 9.92. The minimum absolute atomic E-state index is 0.0274. The summed E-state index contributed by atoms with van der Waals surface area (Å²) in [5, 5.41) is 103. The topological polar surface area (TPSA) is 376 Å². The third-order valence-corrected chi connectivity index (χ3v) is 13.9. The molecule has 7 aromatic rings. The number of nitrogens with zero attached hydrogens (tertiary/aromatic N) is 22. The Labute approximate surface area is 528 Å². The number of hydrogen-bond acceptors (Lipinski definition) is 19. The summed E-state index contributed by atoms with van der Waals surface area (Å²) in [5.41, 5.74) is 5.98. The van der Waals surface area contributed by atoms with Gasteiger partial charge in [-0.15, -0.1) is 16.6 Å². The first-order chi connectivity index (χ1) is 46.0. The van der Waals surface area contributed by atoms with E-state index in [2.05, 4.69) is 44.5 Å². The molecule has 12 rings (SSSR count). The zero-order valence-electron chi connectivity index (χ0n) is 46.8. The Morgan fingerprint density at radius 1 is 0.358 bits per heavy atom. The highest BCUT2D eigenvalue weighted by atomic mass is 19.2. The van der Waals surface area contributed by atoms with Crippen LogP contribution < -0.4 is 20.9 Å². The Balaban J connectivity index is 0.000000151. The molecule has 0 aromatic heterocycles. The van der Waals surface area contributed by atoms with E-state index in [9.17, 15) is 36.9 Å². The smallest absolute Gasteiger partial charge is 0.378 e. The molecule has 0 unspecified atom stereocenters. The highest BCUT2D eigenvalue weighted by Gasteiger charge is 2.39. The molecule has 5 aliphatic rings. The molecule has 0 saturated carbocycles. The second-order valence-corrected chi connectivity index (χ2v) is 18.7. The van der Waals surface area contributed by atoms with Gasteiger partial charge in [0, 0.05) is 21.6 Å². The Hall–Kier alpha value is -16.2. The van der Waals surface area contributed by atoms with Gasteiger partial charge < -0.3 is 4.85 Å². The van der Waals surface area contributed by atoms with Gasteiger partial charge in [-0.2, -0.15) is 77.5 Å². The lowest BCUT2D eigenvalue weighted by atomic mass is 9.95. The maximum absolute atomic E-state index is 14.4. The fraction of sp³-hybridized carbons (Fsp3) is 0. The Kier molecular flexibility index (Phi) is 17.6. The van der Waals surface area contributed by atoms with Crippen LogP contribution in [0.4, 0.5) is 26.3 Å². The van der Waals surface area contributed by atoms with Crippen molar-refractivity contribution in [3.05, 3.63) is 221 Å². The lowest BCUT2D eigenvalue weighted by Crippen LogP contribution is -2.47. The lowest BCUT2D eigenvalue weighted by molar-refractivity contribution is 0.471. The largest absolute Gasteiger partial charge is 0.394 e. The van der Waals surface area contributed by atoms with Crippen molar-refractivity contribution in [2.45, 2.75) is 0 Å². The standard InChI is InChI=1S/C26H10N4.C16F6N4.C16H6N4.C9N10/c1-29-23(13-27)25-17-9-5-3-7-15(17)19-12-22-20(11-21(19)25)16-8-4-6-10-18(16)26(22)24(14-28)30-2;17-11-7(5(1-23)2-24)13(19)15(21)10-9(11)16(22)14(20)8(12(10)18)6(3-25)4-26;17-7-15(8-18)13-3-1-11-5-14(16(9-19)10-20)4-2-12(11)6-13;1-12-6-17-8-15-4(2-10)13-7-14-5(3-11)16-9(18-6)19(7)8/h3-12H;;1-6H;/b25-23-,26-24+;;;. The number of hydrogen-bond donors (Lipinski definition) is 0. The number of nitriles is 12. The van der Waals surface area contributed by atoms with Gasteiger partial charge in [-0.25, -0.2) is 46.6 Å². The maximum atomic E-state index is 14.4. The summed E-state index contributed by atoms with van der Waals surface area (Å²) in [5.74, 6) is -13.5. The van der Waals surface area contributed by atoms with Gasteiger partial charge >= 0.3 is 17.9 Å². The van der Waals surface area contributed by atoms with E-state index in [1.54, 1.807) is 48.5 Å². The number of rotatable bonds is 0. The molecule has 0 amide bonds. The lowest BCUT2D eigenvalue weighted by Gasteiger charge is -2.24. The van der Waals surface area contributed by atoms with E-state index < -0.39 is 67.3 Å². The van der Waals surface area contributed by atoms with Crippen molar-refractivity contribution in [1.29, 1.82) is 63.1 Å². The highest BCUT2D eigenvalue weighted by Crippen LogP contribution is 2.53. The monoisotopic (exact) mass is 1240 g/mol. The summed E-state index contributed by atoms with van der Waals surface area (Å²) < 4.78 is 85.4. The van der Waals surface area contributed by atoms with E-state index in [1.165, 1.54) is 4.90 Å². The SMILES string of the molecule is N#CC(C#N)=c1c(F)c(F)c2c(F)c(=C(C#N)C#N)c(F)c(F)c2c1F.N#CC(C#N)=c1ccc2cc(=C(C#N)C#N)ccc2c1.[C-]#[N+]/C(C#N)=C1/c2ccccc2-c2cc3c(cc21)-c1ccccc1/C3=C(/C#N)[N+]#[C-].[C-]#[N+]C1=NC2=NC(C#N)=NC3=NC(C#N)=NC(=N1)N32. The van der Waals surface area contributed by atoms with Gasteiger partial charge in [-0.3, -0.25) is 0 Å². The molecule has 22 nitrogen and oxygen atoms in total. The van der Waals surface area contributed by atoms with Crippen molar-refractivity contribution < 1.29 is 26.3 Å². The van der Waals surface area contributed by atoms with Crippen molar-refractivity contribution in [2.24, 2.45) is 30.0 Å². The molecular formula is C67H16F6N22. The number of guanidine groups is 4. The average molecular weight is 1240 g/mol. The third-order valence-electron chi connectivity index (χ3n) is 13.9. The molecule has 2 aliphatic carbocycles. The Morgan fingerprint density at radius 2 is 0.716 bits per heavy atom. The molecule has 0 saturated heterocycles. The highest BCUT2D eigenvalue weighted by molar-refractivity contribution is 6.33. The van der Waals surface area contributed by atoms with Crippen molar-refractivity contribution >= 4 is 90.5 Å². The van der Waals surface area contributed by atoms with E-state index >= 15 is 0 Å². The summed E-state index contributed by atoms with van der Waals surface area (Å²) in [7, 11) is 0. The normalized spacial score (nSPS) is 13.2. The van der Waals surface area contributed by atoms with Crippen molar-refractivity contribution in [3.8, 4) is 95.1 Å². The number of benzene rings is 7. The number of fused-ring (bicyclic) bond motifs is 8. The quantitative estimate of drug-likeness (QED) is 0.0593. The van der Waals surface area contributed by atoms with E-state index in [-0.39, 0.29) is 58.0 Å². The van der Waals surface area contributed by atoms with Crippen LogP contribution in [0, 0.1) is 191 Å². The Bertz CT molecular complexity index is 5570. The third kappa shape index (κ3) is 11.0. The van der Waals surface area contributed by atoms with E-state index in [1.807, 2.05) is 97.1 Å². The minimum atomic E-state index is -2.23. The van der Waals surface area contributed by atoms with Crippen LogP contribution in [-0.4, -0.2) is 40.4 Å². The summed E-state index contributed by atoms with van der Waals surface area (Å²) in [6, 6.07) is 48.9. The number of aliphatic imine (C=N–C) groups is 6. The number of amidine groups is 2. The maximum Gasteiger partial charge on any atom is 0.378 e. The van der Waals surface area contributed by atoms with Gasteiger partial charge in [0.1, 0.15) is 94.6 Å². The number of halogens is 6. The summed E-state index contributed by atoms with van der Waals surface area (Å²) in [6.45, 7) is 21.9. The molecule has 0 bridgehead atoms. The van der Waals surface area contributed by atoms with Crippen LogP contribution in [0.5, 0.6) is 0 Å². The van der Waals surface area contributed by atoms with Gasteiger partial charge in [-0.1, -0.05) is 72.8 Å². The van der Waals surface area contributed by atoms with E-state index in [4.69, 9.17) is 72.3 Å². The fourth-order valence-corrected chi connectivity index (χ4v) is 9.92. The first-order valence-corrected chi connectivity index (χ1v) is 25.8. The summed E-state index contributed by atoms with van der Waals surface area (Å²) in [4.78, 5) is 34.3. The molecular weight excluding hydrogens is 1230 g/mol. The summed E-state index contributed by atoms with van der Waals surface area (Å²) >= 11 is 0. The van der Waals surface area contributed by atoms with Gasteiger partial charge in [-0.05, 0) is 79.5 Å². The first kappa shape index (κ1) is 63.3. The van der Waals surface area contributed by atoms with Gasteiger partial charge in [0.05, 0.1) is 46.5 Å². The molecule has 28 heteroatoms. The van der Waals surface area contributed by atoms with E-state index in [0.717, 1.165) is 79.6 Å². The van der Waals surface area contributed by atoms with Crippen LogP contribution in [-0.2, 0) is 0 Å². The molecule has 7 aromatic carbocycles. The summed E-state index contributed by atoms with van der Waals surface area (Å²) in [6.07, 6.45) is 0. The molecule has 0 atom stereocenters. The molecule has 0 radical (unpaired) electrons. The molecule has 0 fully saturated rings. The van der Waals surface area contributed by atoms with Crippen molar-refractivity contribution in [1.82, 2.24) is 4.90 Å².